The second-order valence-corrected chi connectivity index (χ2v) is 8.09. The third-order valence-electron chi connectivity index (χ3n) is 5.97. The molecule has 2 amide bonds. The second kappa shape index (κ2) is 7.39. The standard InChI is InChI=1S/C21H27N5O2/c1-16-8-9-26(23-16)12-19(27)25-14-21(15-25)13-24(11-18(21)20(28)22-2)10-17-6-4-3-5-7-17/h3-9,18H,10-15H2,1-2H3,(H,22,28). The number of carbonyl (C=O) groups excluding carboxylic acids is 2. The minimum Gasteiger partial charge on any atom is -0.359 e. The summed E-state index contributed by atoms with van der Waals surface area (Å²) in [7, 11) is 1.69. The summed E-state index contributed by atoms with van der Waals surface area (Å²) in [6, 6.07) is 12.2. The number of nitrogens with zero attached hydrogens (tertiary/aromatic N) is 4. The summed E-state index contributed by atoms with van der Waals surface area (Å²) in [6.07, 6.45) is 1.83. The molecule has 2 fully saturated rings. The molecule has 1 atom stereocenters. The van der Waals surface area contributed by atoms with Gasteiger partial charge in [-0.2, -0.15) is 5.10 Å². The Kier molecular flexibility index (Phi) is 4.93. The third-order valence-corrected chi connectivity index (χ3v) is 5.97. The number of hydrogen-bond donors (Lipinski definition) is 1. The van der Waals surface area contributed by atoms with E-state index in [4.69, 9.17) is 0 Å². The molecule has 0 saturated carbocycles. The number of rotatable bonds is 5. The van der Waals surface area contributed by atoms with Crippen molar-refractivity contribution in [2.24, 2.45) is 11.3 Å². The number of amides is 2. The van der Waals surface area contributed by atoms with Crippen molar-refractivity contribution in [3.8, 4) is 0 Å². The first-order chi connectivity index (χ1) is 13.5. The summed E-state index contributed by atoms with van der Waals surface area (Å²) in [6.45, 7) is 5.83. The van der Waals surface area contributed by atoms with Crippen LogP contribution in [-0.4, -0.2) is 64.6 Å². The van der Waals surface area contributed by atoms with Gasteiger partial charge in [0.25, 0.3) is 0 Å². The fourth-order valence-corrected chi connectivity index (χ4v) is 4.57. The number of aryl methyl sites for hydroxylation is 1. The number of hydrogen-bond acceptors (Lipinski definition) is 4. The summed E-state index contributed by atoms with van der Waals surface area (Å²) in [5.74, 6) is 0.0495. The maximum absolute atomic E-state index is 12.6. The van der Waals surface area contributed by atoms with Crippen LogP contribution in [0.3, 0.4) is 0 Å². The maximum atomic E-state index is 12.6. The highest BCUT2D eigenvalue weighted by molar-refractivity contribution is 5.82. The second-order valence-electron chi connectivity index (χ2n) is 8.09. The van der Waals surface area contributed by atoms with E-state index in [1.54, 1.807) is 11.7 Å². The van der Waals surface area contributed by atoms with E-state index in [2.05, 4.69) is 27.4 Å². The van der Waals surface area contributed by atoms with E-state index >= 15 is 0 Å². The summed E-state index contributed by atoms with van der Waals surface area (Å²) < 4.78 is 1.68. The summed E-state index contributed by atoms with van der Waals surface area (Å²) >= 11 is 0. The van der Waals surface area contributed by atoms with Gasteiger partial charge in [0.15, 0.2) is 0 Å². The molecule has 0 bridgehead atoms. The molecule has 1 spiro atoms. The predicted octanol–water partition coefficient (Wildman–Crippen LogP) is 0.898. The van der Waals surface area contributed by atoms with Crippen molar-refractivity contribution in [1.29, 1.82) is 0 Å². The number of aromatic nitrogens is 2. The van der Waals surface area contributed by atoms with Crippen molar-refractivity contribution in [1.82, 2.24) is 24.9 Å². The molecule has 2 aliphatic heterocycles. The first-order valence-electron chi connectivity index (χ1n) is 9.75. The first kappa shape index (κ1) is 18.7. The van der Waals surface area contributed by atoms with Gasteiger partial charge < -0.3 is 10.2 Å². The molecule has 1 unspecified atom stereocenters. The maximum Gasteiger partial charge on any atom is 0.244 e. The zero-order chi connectivity index (χ0) is 19.7. The Hall–Kier alpha value is -2.67. The van der Waals surface area contributed by atoms with E-state index in [0.717, 1.165) is 25.3 Å². The van der Waals surface area contributed by atoms with Crippen LogP contribution in [0.4, 0.5) is 0 Å². The van der Waals surface area contributed by atoms with Crippen LogP contribution in [0, 0.1) is 18.3 Å². The van der Waals surface area contributed by atoms with Crippen LogP contribution < -0.4 is 5.32 Å². The van der Waals surface area contributed by atoms with Gasteiger partial charge in [-0.1, -0.05) is 30.3 Å². The zero-order valence-corrected chi connectivity index (χ0v) is 16.5. The molecule has 1 aromatic heterocycles. The summed E-state index contributed by atoms with van der Waals surface area (Å²) in [4.78, 5) is 29.4. The van der Waals surface area contributed by atoms with Gasteiger partial charge in [-0.25, -0.2) is 0 Å². The molecule has 0 aliphatic carbocycles. The normalized spacial score (nSPS) is 20.9. The molecular formula is C21H27N5O2. The van der Waals surface area contributed by atoms with Gasteiger partial charge in [-0.3, -0.25) is 19.2 Å². The average Bonchev–Trinajstić information content (AvgIpc) is 3.24. The number of nitrogens with one attached hydrogen (secondary N) is 1. The van der Waals surface area contributed by atoms with Crippen LogP contribution in [0.5, 0.6) is 0 Å². The Morgan fingerprint density at radius 2 is 1.93 bits per heavy atom. The third kappa shape index (κ3) is 3.54. The Bertz CT molecular complexity index is 857. The first-order valence-corrected chi connectivity index (χ1v) is 9.75. The van der Waals surface area contributed by atoms with Gasteiger partial charge in [0.2, 0.25) is 11.8 Å². The fourth-order valence-electron chi connectivity index (χ4n) is 4.57. The lowest BCUT2D eigenvalue weighted by Gasteiger charge is -2.50. The Morgan fingerprint density at radius 3 is 2.57 bits per heavy atom. The molecule has 7 nitrogen and oxygen atoms in total. The van der Waals surface area contributed by atoms with Crippen LogP contribution in [0.15, 0.2) is 42.6 Å². The minimum atomic E-state index is -0.148. The number of likely N-dealkylation sites (tertiary alicyclic amines) is 2. The van der Waals surface area contributed by atoms with Gasteiger partial charge in [0.1, 0.15) is 6.54 Å². The van der Waals surface area contributed by atoms with Gasteiger partial charge in [-0.15, -0.1) is 0 Å². The largest absolute Gasteiger partial charge is 0.359 e. The monoisotopic (exact) mass is 381 g/mol. The van der Waals surface area contributed by atoms with Crippen LogP contribution in [0.25, 0.3) is 0 Å². The van der Waals surface area contributed by atoms with Crippen molar-refractivity contribution in [2.45, 2.75) is 20.0 Å². The van der Waals surface area contributed by atoms with Crippen molar-refractivity contribution >= 4 is 11.8 Å². The predicted molar refractivity (Wildman–Crippen MR) is 105 cm³/mol. The zero-order valence-electron chi connectivity index (χ0n) is 16.5. The average molecular weight is 381 g/mol. The summed E-state index contributed by atoms with van der Waals surface area (Å²) in [5, 5.41) is 7.11. The molecule has 7 heteroatoms. The van der Waals surface area contributed by atoms with Gasteiger partial charge in [0, 0.05) is 51.4 Å². The topological polar surface area (TPSA) is 70.5 Å². The lowest BCUT2D eigenvalue weighted by molar-refractivity contribution is -0.150. The highest BCUT2D eigenvalue weighted by Gasteiger charge is 2.57. The molecule has 148 valence electrons. The van der Waals surface area contributed by atoms with E-state index < -0.39 is 0 Å². The molecule has 2 saturated heterocycles. The molecule has 4 rings (SSSR count). The van der Waals surface area contributed by atoms with E-state index in [0.29, 0.717) is 13.1 Å². The van der Waals surface area contributed by atoms with Crippen molar-refractivity contribution in [2.75, 3.05) is 33.2 Å². The quantitative estimate of drug-likeness (QED) is 0.835. The fraction of sp³-hybridized carbons (Fsp3) is 0.476. The summed E-state index contributed by atoms with van der Waals surface area (Å²) in [5.41, 5.74) is 2.00. The highest BCUT2D eigenvalue weighted by Crippen LogP contribution is 2.44. The molecule has 0 radical (unpaired) electrons. The molecule has 3 heterocycles. The van der Waals surface area contributed by atoms with Gasteiger partial charge in [-0.05, 0) is 18.6 Å². The Labute approximate surface area is 165 Å². The minimum absolute atomic E-state index is 0.0610. The Balaban J connectivity index is 1.42. The van der Waals surface area contributed by atoms with Crippen molar-refractivity contribution in [3.63, 3.8) is 0 Å². The van der Waals surface area contributed by atoms with Crippen LogP contribution in [0.2, 0.25) is 0 Å². The number of benzene rings is 1. The lowest BCUT2D eigenvalue weighted by Crippen LogP contribution is -2.64. The van der Waals surface area contributed by atoms with E-state index in [-0.39, 0.29) is 29.7 Å². The molecule has 1 N–H and O–H groups in total. The highest BCUT2D eigenvalue weighted by atomic mass is 16.2. The molecule has 1 aromatic carbocycles. The molecule has 28 heavy (non-hydrogen) atoms. The van der Waals surface area contributed by atoms with E-state index in [1.165, 1.54) is 5.56 Å². The van der Waals surface area contributed by atoms with E-state index in [1.807, 2.05) is 42.3 Å². The van der Waals surface area contributed by atoms with Crippen molar-refractivity contribution < 1.29 is 9.59 Å². The van der Waals surface area contributed by atoms with Crippen LogP contribution in [0.1, 0.15) is 11.3 Å². The van der Waals surface area contributed by atoms with E-state index in [9.17, 15) is 9.59 Å². The van der Waals surface area contributed by atoms with Gasteiger partial charge in [0.05, 0.1) is 11.6 Å². The van der Waals surface area contributed by atoms with Gasteiger partial charge >= 0.3 is 0 Å². The van der Waals surface area contributed by atoms with Crippen LogP contribution >= 0.6 is 0 Å². The van der Waals surface area contributed by atoms with Crippen molar-refractivity contribution in [3.05, 3.63) is 53.9 Å². The smallest absolute Gasteiger partial charge is 0.244 e. The molecule has 2 aromatic rings. The molecular weight excluding hydrogens is 354 g/mol. The number of carbonyl (C=O) groups is 2. The van der Waals surface area contributed by atoms with Crippen LogP contribution in [-0.2, 0) is 22.7 Å². The SMILES string of the molecule is CNC(=O)C1CN(Cc2ccccc2)CC12CN(C(=O)Cn1ccc(C)n1)C2. The molecule has 2 aliphatic rings. The lowest BCUT2D eigenvalue weighted by atomic mass is 9.71. The Morgan fingerprint density at radius 1 is 1.18 bits per heavy atom.